The number of carboxylic acid groups (broad SMARTS) is 1. The van der Waals surface area contributed by atoms with Crippen LogP contribution in [0.5, 0.6) is 0 Å². The number of ether oxygens (including phenoxy) is 2. The molecule has 0 saturated heterocycles. The number of hydrogen-bond acceptors (Lipinski definition) is 4. The van der Waals surface area contributed by atoms with Crippen LogP contribution in [0.4, 0.5) is 10.5 Å². The summed E-state index contributed by atoms with van der Waals surface area (Å²) in [5, 5.41) is 9.40. The van der Waals surface area contributed by atoms with Crippen LogP contribution in [0.3, 0.4) is 0 Å². The Labute approximate surface area is 158 Å². The summed E-state index contributed by atoms with van der Waals surface area (Å²) in [5.41, 5.74) is 1.78. The summed E-state index contributed by atoms with van der Waals surface area (Å²) in [6.07, 6.45) is 1.46. The predicted octanol–water partition coefficient (Wildman–Crippen LogP) is 4.31. The van der Waals surface area contributed by atoms with E-state index in [0.29, 0.717) is 17.7 Å². The van der Waals surface area contributed by atoms with Crippen molar-refractivity contribution in [2.75, 3.05) is 18.6 Å². The number of rotatable bonds is 8. The Morgan fingerprint density at radius 2 is 1.74 bits per heavy atom. The van der Waals surface area contributed by atoms with Crippen molar-refractivity contribution in [1.29, 1.82) is 0 Å². The molecule has 2 aromatic rings. The molecule has 0 bridgehead atoms. The Morgan fingerprint density at radius 3 is 2.37 bits per heavy atom. The van der Waals surface area contributed by atoms with Crippen molar-refractivity contribution in [2.45, 2.75) is 20.0 Å². The molecule has 1 amide bonds. The third-order valence-corrected chi connectivity index (χ3v) is 3.86. The SMILES string of the molecule is CCCN(C(=O)OCc1ccccc1C(=COC)C(=O)O)c1ccccc1. The Bertz CT molecular complexity index is 801. The summed E-state index contributed by atoms with van der Waals surface area (Å²) in [5.74, 6) is -1.12. The zero-order chi connectivity index (χ0) is 19.6. The van der Waals surface area contributed by atoms with Gasteiger partial charge in [-0.05, 0) is 29.7 Å². The number of amides is 1. The van der Waals surface area contributed by atoms with Gasteiger partial charge in [0, 0.05) is 12.2 Å². The molecule has 2 rings (SSSR count). The molecule has 0 radical (unpaired) electrons. The van der Waals surface area contributed by atoms with E-state index in [1.54, 1.807) is 29.2 Å². The molecule has 0 aromatic heterocycles. The fraction of sp³-hybridized carbons (Fsp3) is 0.238. The van der Waals surface area contributed by atoms with Crippen molar-refractivity contribution >= 4 is 23.3 Å². The molecular weight excluding hydrogens is 346 g/mol. The molecule has 0 unspecified atom stereocenters. The molecule has 0 atom stereocenters. The maximum atomic E-state index is 12.6. The second kappa shape index (κ2) is 10.0. The third-order valence-electron chi connectivity index (χ3n) is 3.86. The Balaban J connectivity index is 2.19. The highest BCUT2D eigenvalue weighted by molar-refractivity contribution is 6.15. The van der Waals surface area contributed by atoms with Crippen LogP contribution in [-0.2, 0) is 20.9 Å². The van der Waals surface area contributed by atoms with E-state index in [0.717, 1.165) is 18.4 Å². The normalized spacial score (nSPS) is 11.0. The third kappa shape index (κ3) is 5.34. The number of methoxy groups -OCH3 is 1. The Kier molecular flexibility index (Phi) is 7.43. The second-order valence-electron chi connectivity index (χ2n) is 5.77. The van der Waals surface area contributed by atoms with Crippen LogP contribution >= 0.6 is 0 Å². The average Bonchev–Trinajstić information content (AvgIpc) is 2.69. The first-order valence-electron chi connectivity index (χ1n) is 8.62. The van der Waals surface area contributed by atoms with Crippen LogP contribution in [0.1, 0.15) is 24.5 Å². The minimum Gasteiger partial charge on any atom is -0.503 e. The fourth-order valence-electron chi connectivity index (χ4n) is 2.63. The summed E-state index contributed by atoms with van der Waals surface area (Å²) >= 11 is 0. The van der Waals surface area contributed by atoms with E-state index in [-0.39, 0.29) is 12.2 Å². The first-order chi connectivity index (χ1) is 13.1. The number of carbonyl (C=O) groups is 2. The lowest BCUT2D eigenvalue weighted by Gasteiger charge is -2.22. The largest absolute Gasteiger partial charge is 0.503 e. The maximum absolute atomic E-state index is 12.6. The number of anilines is 1. The van der Waals surface area contributed by atoms with Gasteiger partial charge in [0.25, 0.3) is 0 Å². The van der Waals surface area contributed by atoms with Crippen LogP contribution in [0.2, 0.25) is 0 Å². The molecule has 0 fully saturated rings. The minimum atomic E-state index is -1.12. The Hall–Kier alpha value is -3.28. The van der Waals surface area contributed by atoms with E-state index in [1.165, 1.54) is 7.11 Å². The number of carbonyl (C=O) groups excluding carboxylic acids is 1. The Morgan fingerprint density at radius 1 is 1.07 bits per heavy atom. The van der Waals surface area contributed by atoms with Crippen LogP contribution in [-0.4, -0.2) is 30.8 Å². The number of para-hydroxylation sites is 1. The minimum absolute atomic E-state index is 0.00220. The predicted molar refractivity (Wildman–Crippen MR) is 103 cm³/mol. The highest BCUT2D eigenvalue weighted by Crippen LogP contribution is 2.22. The van der Waals surface area contributed by atoms with Gasteiger partial charge in [-0.3, -0.25) is 4.90 Å². The van der Waals surface area contributed by atoms with Crippen molar-refractivity contribution in [1.82, 2.24) is 0 Å². The van der Waals surface area contributed by atoms with Gasteiger partial charge in [0.05, 0.1) is 13.4 Å². The van der Waals surface area contributed by atoms with Gasteiger partial charge in [0.2, 0.25) is 0 Å². The van der Waals surface area contributed by atoms with Gasteiger partial charge in [-0.2, -0.15) is 0 Å². The zero-order valence-corrected chi connectivity index (χ0v) is 15.4. The molecule has 6 heteroatoms. The van der Waals surface area contributed by atoms with Crippen LogP contribution in [0, 0.1) is 0 Å². The van der Waals surface area contributed by atoms with Crippen LogP contribution in [0.15, 0.2) is 60.9 Å². The van der Waals surface area contributed by atoms with Gasteiger partial charge in [-0.15, -0.1) is 0 Å². The molecule has 1 N–H and O–H groups in total. The molecule has 6 nitrogen and oxygen atoms in total. The highest BCUT2D eigenvalue weighted by atomic mass is 16.6. The molecule has 0 saturated carbocycles. The molecule has 27 heavy (non-hydrogen) atoms. The van der Waals surface area contributed by atoms with Gasteiger partial charge in [0.15, 0.2) is 0 Å². The molecule has 0 aliphatic rings. The summed E-state index contributed by atoms with van der Waals surface area (Å²) in [7, 11) is 1.38. The molecule has 0 spiro atoms. The smallest absolute Gasteiger partial charge is 0.414 e. The van der Waals surface area contributed by atoms with E-state index in [1.807, 2.05) is 37.3 Å². The van der Waals surface area contributed by atoms with E-state index >= 15 is 0 Å². The van der Waals surface area contributed by atoms with Crippen molar-refractivity contribution in [3.8, 4) is 0 Å². The molecular formula is C21H23NO5. The van der Waals surface area contributed by atoms with Gasteiger partial charge in [0.1, 0.15) is 12.2 Å². The lowest BCUT2D eigenvalue weighted by molar-refractivity contribution is -0.130. The molecule has 0 heterocycles. The number of hydrogen-bond donors (Lipinski definition) is 1. The van der Waals surface area contributed by atoms with Crippen molar-refractivity contribution in [3.63, 3.8) is 0 Å². The van der Waals surface area contributed by atoms with Crippen molar-refractivity contribution < 1.29 is 24.2 Å². The average molecular weight is 369 g/mol. The number of benzene rings is 2. The summed E-state index contributed by atoms with van der Waals surface area (Å²) < 4.78 is 10.3. The van der Waals surface area contributed by atoms with Crippen LogP contribution < -0.4 is 4.90 Å². The van der Waals surface area contributed by atoms with Crippen LogP contribution in [0.25, 0.3) is 5.57 Å². The number of carboxylic acids is 1. The quantitative estimate of drug-likeness (QED) is 0.554. The standard InChI is InChI=1S/C21H23NO5/c1-3-13-22(17-10-5-4-6-11-17)21(25)27-14-16-9-7-8-12-18(16)19(15-26-2)20(23)24/h4-12,15H,3,13-14H2,1-2H3,(H,23,24). The van der Waals surface area contributed by atoms with Gasteiger partial charge in [-0.25, -0.2) is 9.59 Å². The molecule has 0 aliphatic heterocycles. The summed E-state index contributed by atoms with van der Waals surface area (Å²) in [4.78, 5) is 25.7. The zero-order valence-electron chi connectivity index (χ0n) is 15.4. The highest BCUT2D eigenvalue weighted by Gasteiger charge is 2.19. The maximum Gasteiger partial charge on any atom is 0.414 e. The fourth-order valence-corrected chi connectivity index (χ4v) is 2.63. The molecule has 2 aromatic carbocycles. The summed E-state index contributed by atoms with van der Waals surface area (Å²) in [6.45, 7) is 2.46. The van der Waals surface area contributed by atoms with E-state index in [9.17, 15) is 14.7 Å². The topological polar surface area (TPSA) is 76.1 Å². The van der Waals surface area contributed by atoms with Gasteiger partial charge >= 0.3 is 12.1 Å². The molecule has 0 aliphatic carbocycles. The molecule has 142 valence electrons. The van der Waals surface area contributed by atoms with E-state index in [2.05, 4.69) is 0 Å². The first kappa shape index (κ1) is 20.0. The van der Waals surface area contributed by atoms with E-state index < -0.39 is 12.1 Å². The monoisotopic (exact) mass is 369 g/mol. The van der Waals surface area contributed by atoms with Crippen molar-refractivity contribution in [2.24, 2.45) is 0 Å². The van der Waals surface area contributed by atoms with Gasteiger partial charge in [-0.1, -0.05) is 49.4 Å². The first-order valence-corrected chi connectivity index (χ1v) is 8.62. The number of aliphatic carboxylic acids is 1. The lowest BCUT2D eigenvalue weighted by atomic mass is 10.0. The summed E-state index contributed by atoms with van der Waals surface area (Å²) in [6, 6.07) is 16.1. The van der Waals surface area contributed by atoms with Gasteiger partial charge < -0.3 is 14.6 Å². The van der Waals surface area contributed by atoms with E-state index in [4.69, 9.17) is 9.47 Å². The van der Waals surface area contributed by atoms with Crippen molar-refractivity contribution in [3.05, 3.63) is 72.0 Å². The number of nitrogens with zero attached hydrogens (tertiary/aromatic N) is 1. The second-order valence-corrected chi connectivity index (χ2v) is 5.77. The lowest BCUT2D eigenvalue weighted by Crippen LogP contribution is -2.32.